The minimum atomic E-state index is -1.20. The summed E-state index contributed by atoms with van der Waals surface area (Å²) >= 11 is 1.99. The van der Waals surface area contributed by atoms with Crippen LogP contribution in [-0.2, 0) is 16.1 Å². The zero-order valence-electron chi connectivity index (χ0n) is 11.0. The molecule has 0 radical (unpaired) electrons. The molecule has 0 aromatic heterocycles. The number of benzene rings is 1. The Hall–Kier alpha value is -1.15. The fourth-order valence-electron chi connectivity index (χ4n) is 2.52. The van der Waals surface area contributed by atoms with Crippen LogP contribution < -0.4 is 5.11 Å². The molecular formula is C14H16INO4. The highest BCUT2D eigenvalue weighted by Crippen LogP contribution is 2.29. The number of ether oxygens (including phenoxy) is 1. The van der Waals surface area contributed by atoms with Crippen LogP contribution in [0.5, 0.6) is 0 Å². The van der Waals surface area contributed by atoms with Gasteiger partial charge in [-0.3, -0.25) is 4.48 Å². The summed E-state index contributed by atoms with van der Waals surface area (Å²) in [5.41, 5.74) is 0.889. The van der Waals surface area contributed by atoms with Gasteiger partial charge in [-0.25, -0.2) is 4.79 Å². The van der Waals surface area contributed by atoms with E-state index in [2.05, 4.69) is 0 Å². The number of nitrogens with zero attached hydrogens (tertiary/aromatic N) is 1. The third-order valence-corrected chi connectivity index (χ3v) is 4.92. The van der Waals surface area contributed by atoms with E-state index in [0.29, 0.717) is 23.9 Å². The van der Waals surface area contributed by atoms with E-state index >= 15 is 0 Å². The van der Waals surface area contributed by atoms with Crippen molar-refractivity contribution in [2.75, 3.05) is 11.1 Å². The molecule has 1 amide bonds. The number of likely N-dealkylation sites (tertiary alicyclic amines) is 1. The molecule has 1 fully saturated rings. The molecule has 1 saturated heterocycles. The van der Waals surface area contributed by atoms with Crippen LogP contribution in [0.25, 0.3) is 0 Å². The third-order valence-electron chi connectivity index (χ3n) is 3.70. The smallest absolute Gasteiger partial charge is 0.365 e. The molecule has 20 heavy (non-hydrogen) atoms. The lowest BCUT2D eigenvalue weighted by molar-refractivity contribution is -0.864. The maximum Gasteiger partial charge on any atom is 0.365 e. The first-order valence-corrected chi connectivity index (χ1v) is 7.97. The molecule has 1 aliphatic heterocycles. The van der Waals surface area contributed by atoms with E-state index in [4.69, 9.17) is 4.74 Å². The van der Waals surface area contributed by atoms with Gasteiger partial charge >= 0.3 is 5.97 Å². The maximum atomic E-state index is 12.2. The Morgan fingerprint density at radius 3 is 2.65 bits per heavy atom. The number of amides is 1. The number of hydrogen-bond donors (Lipinski definition) is 0. The van der Waals surface area contributed by atoms with Crippen molar-refractivity contribution in [1.29, 1.82) is 0 Å². The monoisotopic (exact) mass is 389 g/mol. The van der Waals surface area contributed by atoms with Crippen molar-refractivity contribution in [2.24, 2.45) is 0 Å². The van der Waals surface area contributed by atoms with E-state index in [1.807, 2.05) is 52.9 Å². The minimum absolute atomic E-state index is 0.171. The molecule has 1 aliphatic rings. The lowest BCUT2D eigenvalue weighted by atomic mass is 10.2. The first kappa shape index (κ1) is 15.2. The van der Waals surface area contributed by atoms with Gasteiger partial charge in [0.05, 0.1) is 6.54 Å². The van der Waals surface area contributed by atoms with E-state index < -0.39 is 18.1 Å². The van der Waals surface area contributed by atoms with Crippen LogP contribution >= 0.6 is 22.6 Å². The second-order valence-electron chi connectivity index (χ2n) is 4.89. The number of carbonyl (C=O) groups is 2. The van der Waals surface area contributed by atoms with Crippen molar-refractivity contribution in [3.05, 3.63) is 35.9 Å². The first-order chi connectivity index (χ1) is 9.60. The Bertz CT molecular complexity index is 493. The van der Waals surface area contributed by atoms with Crippen LogP contribution in [-0.4, -0.2) is 33.7 Å². The highest BCUT2D eigenvalue weighted by molar-refractivity contribution is 14.1. The van der Waals surface area contributed by atoms with Gasteiger partial charge in [0.1, 0.15) is 11.2 Å². The van der Waals surface area contributed by atoms with Crippen molar-refractivity contribution in [1.82, 2.24) is 0 Å². The fraction of sp³-hybridized carbons (Fsp3) is 0.429. The Kier molecular flexibility index (Phi) is 4.98. The van der Waals surface area contributed by atoms with Crippen LogP contribution in [0.15, 0.2) is 30.3 Å². The summed E-state index contributed by atoms with van der Waals surface area (Å²) in [5.74, 6) is -0.452. The number of quaternary nitrogens is 1. The average Bonchev–Trinajstić information content (AvgIpc) is 2.91. The lowest BCUT2D eigenvalue weighted by Crippen LogP contribution is -2.62. The Balaban J connectivity index is 2.03. The quantitative estimate of drug-likeness (QED) is 0.257. The van der Waals surface area contributed by atoms with Gasteiger partial charge < -0.3 is 14.6 Å². The minimum Gasteiger partial charge on any atom is -0.498 e. The molecule has 2 rings (SSSR count). The SMILES string of the molecule is O=C(OCc1ccccc1)[C@@H]1CCC[N+]1(CI)C(=O)[O-]. The predicted octanol–water partition coefficient (Wildman–Crippen LogP) is 1.44. The predicted molar refractivity (Wildman–Crippen MR) is 78.7 cm³/mol. The van der Waals surface area contributed by atoms with Gasteiger partial charge in [0, 0.05) is 12.8 Å². The Morgan fingerprint density at radius 2 is 2.05 bits per heavy atom. The van der Waals surface area contributed by atoms with Crippen LogP contribution in [0.2, 0.25) is 0 Å². The van der Waals surface area contributed by atoms with E-state index in [9.17, 15) is 14.7 Å². The summed E-state index contributed by atoms with van der Waals surface area (Å²) in [6.07, 6.45) is 0.0331. The van der Waals surface area contributed by atoms with E-state index in [1.165, 1.54) is 0 Å². The highest BCUT2D eigenvalue weighted by Gasteiger charge is 2.48. The molecule has 0 bridgehead atoms. The van der Waals surface area contributed by atoms with Gasteiger partial charge in [-0.2, -0.15) is 0 Å². The molecular weight excluding hydrogens is 373 g/mol. The number of hydrogen-bond acceptors (Lipinski definition) is 4. The lowest BCUT2D eigenvalue weighted by Gasteiger charge is -2.36. The summed E-state index contributed by atoms with van der Waals surface area (Å²) in [7, 11) is 0. The van der Waals surface area contributed by atoms with Crippen LogP contribution in [0.3, 0.4) is 0 Å². The molecule has 1 aromatic carbocycles. The molecule has 1 aromatic rings. The number of esters is 1. The summed E-state index contributed by atoms with van der Waals surface area (Å²) in [6.45, 7) is 0.598. The van der Waals surface area contributed by atoms with Gasteiger partial charge in [-0.05, 0) is 28.2 Å². The van der Waals surface area contributed by atoms with Gasteiger partial charge in [-0.15, -0.1) is 0 Å². The highest BCUT2D eigenvalue weighted by atomic mass is 127. The molecule has 108 valence electrons. The van der Waals surface area contributed by atoms with E-state index in [0.717, 1.165) is 5.56 Å². The van der Waals surface area contributed by atoms with Gasteiger partial charge in [0.2, 0.25) is 0 Å². The topological polar surface area (TPSA) is 66.4 Å². The van der Waals surface area contributed by atoms with Crippen molar-refractivity contribution in [3.63, 3.8) is 0 Å². The molecule has 0 spiro atoms. The van der Waals surface area contributed by atoms with E-state index in [-0.39, 0.29) is 11.1 Å². The van der Waals surface area contributed by atoms with Crippen LogP contribution in [0.4, 0.5) is 4.79 Å². The Labute approximate surface area is 131 Å². The largest absolute Gasteiger partial charge is 0.498 e. The van der Waals surface area contributed by atoms with Crippen molar-refractivity contribution < 1.29 is 23.9 Å². The molecule has 2 atom stereocenters. The normalized spacial score (nSPS) is 25.4. The standard InChI is InChI=1S/C14H16INO4/c15-10-16(14(18)19)8-4-7-12(16)13(17)20-9-11-5-2-1-3-6-11/h1-3,5-6,12H,4,7-10H2/t12-,16?/m0/s1. The summed E-state index contributed by atoms with van der Waals surface area (Å²) in [6, 6.07) is 8.69. The van der Waals surface area contributed by atoms with Gasteiger partial charge in [-0.1, -0.05) is 30.3 Å². The molecule has 5 nitrogen and oxygen atoms in total. The summed E-state index contributed by atoms with van der Waals surface area (Å²) in [4.78, 5) is 23.6. The van der Waals surface area contributed by atoms with Gasteiger partial charge in [0.25, 0.3) is 6.09 Å². The number of halogens is 1. The Morgan fingerprint density at radius 1 is 1.35 bits per heavy atom. The number of alkyl halides is 1. The fourth-order valence-corrected chi connectivity index (χ4v) is 3.62. The molecule has 6 heteroatoms. The van der Waals surface area contributed by atoms with Gasteiger partial charge in [0.15, 0.2) is 6.04 Å². The zero-order valence-corrected chi connectivity index (χ0v) is 13.1. The van der Waals surface area contributed by atoms with Crippen molar-refractivity contribution in [2.45, 2.75) is 25.5 Å². The zero-order chi connectivity index (χ0) is 14.6. The number of carboxylic acid groups (broad SMARTS) is 1. The summed E-state index contributed by atoms with van der Waals surface area (Å²) < 4.78 is 5.26. The van der Waals surface area contributed by atoms with Crippen molar-refractivity contribution in [3.8, 4) is 0 Å². The molecule has 0 aliphatic carbocycles. The molecule has 1 heterocycles. The second kappa shape index (κ2) is 6.53. The summed E-state index contributed by atoms with van der Waals surface area (Å²) in [5, 5.41) is 11.4. The third kappa shape index (κ3) is 2.95. The van der Waals surface area contributed by atoms with Crippen molar-refractivity contribution >= 4 is 34.7 Å². The first-order valence-electron chi connectivity index (χ1n) is 6.45. The maximum absolute atomic E-state index is 12.2. The molecule has 0 N–H and O–H groups in total. The number of rotatable bonds is 4. The molecule has 0 saturated carbocycles. The average molecular weight is 389 g/mol. The van der Waals surface area contributed by atoms with E-state index in [1.54, 1.807) is 0 Å². The van der Waals surface area contributed by atoms with Crippen LogP contribution in [0, 0.1) is 0 Å². The number of carbonyl (C=O) groups excluding carboxylic acids is 2. The molecule has 1 unspecified atom stereocenters. The second-order valence-corrected chi connectivity index (χ2v) is 5.58. The van der Waals surface area contributed by atoms with Crippen LogP contribution in [0.1, 0.15) is 18.4 Å².